The zero-order chi connectivity index (χ0) is 9.73. The van der Waals surface area contributed by atoms with E-state index in [1.807, 2.05) is 0 Å². The summed E-state index contributed by atoms with van der Waals surface area (Å²) in [5.41, 5.74) is -0.158. The van der Waals surface area contributed by atoms with Gasteiger partial charge in [0.05, 0.1) is 6.61 Å². The van der Waals surface area contributed by atoms with Crippen molar-refractivity contribution in [1.82, 2.24) is 0 Å². The van der Waals surface area contributed by atoms with Crippen molar-refractivity contribution in [2.75, 3.05) is 13.2 Å². The highest BCUT2D eigenvalue weighted by atomic mass is 16.6. The lowest BCUT2D eigenvalue weighted by Crippen LogP contribution is -2.21. The van der Waals surface area contributed by atoms with E-state index < -0.39 is 0 Å². The lowest BCUT2D eigenvalue weighted by atomic mass is 10.0. The molecule has 1 atom stereocenters. The van der Waals surface area contributed by atoms with Crippen molar-refractivity contribution < 1.29 is 14.3 Å². The molecule has 1 aliphatic rings. The monoisotopic (exact) mass is 184 g/mol. The van der Waals surface area contributed by atoms with E-state index in [4.69, 9.17) is 9.47 Å². The van der Waals surface area contributed by atoms with Crippen LogP contribution in [-0.2, 0) is 14.3 Å². The van der Waals surface area contributed by atoms with Crippen LogP contribution in [0.4, 0.5) is 0 Å². The van der Waals surface area contributed by atoms with Crippen LogP contribution in [0.2, 0.25) is 0 Å². The predicted octanol–water partition coefficient (Wildman–Crippen LogP) is 1.67. The second-order valence-corrected chi connectivity index (χ2v) is 3.39. The Bertz CT molecular complexity index is 194. The highest BCUT2D eigenvalue weighted by Gasteiger charge is 2.45. The molecule has 74 valence electrons. The van der Waals surface area contributed by atoms with Gasteiger partial charge in [-0.15, -0.1) is 0 Å². The van der Waals surface area contributed by atoms with E-state index in [9.17, 15) is 4.79 Å². The molecule has 3 nitrogen and oxygen atoms in total. The van der Waals surface area contributed by atoms with Crippen LogP contribution in [0.25, 0.3) is 0 Å². The number of ether oxygens (including phenoxy) is 2. The van der Waals surface area contributed by atoms with E-state index in [0.29, 0.717) is 6.61 Å². The molecule has 0 aromatic rings. The minimum Gasteiger partial charge on any atom is -0.459 e. The number of epoxide rings is 1. The first-order valence-corrected chi connectivity index (χ1v) is 4.65. The third-order valence-corrected chi connectivity index (χ3v) is 2.18. The Labute approximate surface area is 78.7 Å². The Balaban J connectivity index is 2.19. The molecule has 3 heteroatoms. The molecule has 0 saturated carbocycles. The Kier molecular flexibility index (Phi) is 3.48. The SMILES string of the molecule is C=CC(=O)OCC1(CCCC)CO1. The fraction of sp³-hybridized carbons (Fsp3) is 0.700. The summed E-state index contributed by atoms with van der Waals surface area (Å²) in [6.45, 7) is 6.55. The van der Waals surface area contributed by atoms with Gasteiger partial charge in [0.25, 0.3) is 0 Å². The number of hydrogen-bond donors (Lipinski definition) is 0. The number of unbranched alkanes of at least 4 members (excludes halogenated alkanes) is 1. The summed E-state index contributed by atoms with van der Waals surface area (Å²) in [5.74, 6) is -0.369. The van der Waals surface area contributed by atoms with Crippen molar-refractivity contribution >= 4 is 5.97 Å². The standard InChI is InChI=1S/C10H16O3/c1-3-5-6-10(8-13-10)7-12-9(11)4-2/h4H,2-3,5-8H2,1H3. The van der Waals surface area contributed by atoms with Gasteiger partial charge < -0.3 is 9.47 Å². The molecule has 1 heterocycles. The Morgan fingerprint density at radius 2 is 2.46 bits per heavy atom. The van der Waals surface area contributed by atoms with E-state index in [0.717, 1.165) is 25.9 Å². The molecule has 1 fully saturated rings. The molecule has 13 heavy (non-hydrogen) atoms. The largest absolute Gasteiger partial charge is 0.459 e. The maximum atomic E-state index is 10.8. The van der Waals surface area contributed by atoms with Gasteiger partial charge in [-0.3, -0.25) is 0 Å². The topological polar surface area (TPSA) is 38.8 Å². The van der Waals surface area contributed by atoms with E-state index in [1.54, 1.807) is 0 Å². The summed E-state index contributed by atoms with van der Waals surface area (Å²) in [5, 5.41) is 0. The van der Waals surface area contributed by atoms with Gasteiger partial charge in [0.15, 0.2) is 0 Å². The number of hydrogen-bond acceptors (Lipinski definition) is 3. The van der Waals surface area contributed by atoms with Gasteiger partial charge in [0.2, 0.25) is 0 Å². The molecule has 0 aromatic heterocycles. The summed E-state index contributed by atoms with van der Waals surface area (Å²) in [7, 11) is 0. The minimum atomic E-state index is -0.369. The second-order valence-electron chi connectivity index (χ2n) is 3.39. The van der Waals surface area contributed by atoms with Crippen LogP contribution in [0.1, 0.15) is 26.2 Å². The molecular formula is C10H16O3. The fourth-order valence-corrected chi connectivity index (χ4v) is 1.16. The van der Waals surface area contributed by atoms with Gasteiger partial charge in [-0.25, -0.2) is 4.79 Å². The smallest absolute Gasteiger partial charge is 0.330 e. The van der Waals surface area contributed by atoms with Crippen LogP contribution in [0.3, 0.4) is 0 Å². The van der Waals surface area contributed by atoms with Gasteiger partial charge in [-0.05, 0) is 6.42 Å². The zero-order valence-corrected chi connectivity index (χ0v) is 8.04. The van der Waals surface area contributed by atoms with Crippen molar-refractivity contribution in [2.45, 2.75) is 31.8 Å². The van der Waals surface area contributed by atoms with Crippen molar-refractivity contribution in [3.63, 3.8) is 0 Å². The Morgan fingerprint density at radius 3 is 2.92 bits per heavy atom. The molecule has 0 aromatic carbocycles. The van der Waals surface area contributed by atoms with Crippen LogP contribution in [0.15, 0.2) is 12.7 Å². The van der Waals surface area contributed by atoms with Gasteiger partial charge in [0.1, 0.15) is 12.2 Å². The first-order valence-electron chi connectivity index (χ1n) is 4.65. The van der Waals surface area contributed by atoms with Crippen LogP contribution < -0.4 is 0 Å². The van der Waals surface area contributed by atoms with Gasteiger partial charge in [0, 0.05) is 6.08 Å². The molecule has 1 rings (SSSR count). The summed E-state index contributed by atoms with van der Waals surface area (Å²) < 4.78 is 10.2. The minimum absolute atomic E-state index is 0.158. The van der Waals surface area contributed by atoms with Crippen LogP contribution in [-0.4, -0.2) is 24.8 Å². The molecule has 1 saturated heterocycles. The van der Waals surface area contributed by atoms with E-state index in [2.05, 4.69) is 13.5 Å². The Hall–Kier alpha value is -0.830. The Morgan fingerprint density at radius 1 is 1.77 bits per heavy atom. The zero-order valence-electron chi connectivity index (χ0n) is 8.04. The first kappa shape index (κ1) is 10.3. The summed E-state index contributed by atoms with van der Waals surface area (Å²) in [6, 6.07) is 0. The first-order chi connectivity index (χ1) is 6.22. The average Bonchev–Trinajstić information content (AvgIpc) is 2.92. The van der Waals surface area contributed by atoms with Crippen LogP contribution in [0, 0.1) is 0 Å². The highest BCUT2D eigenvalue weighted by molar-refractivity contribution is 5.81. The van der Waals surface area contributed by atoms with E-state index >= 15 is 0 Å². The van der Waals surface area contributed by atoms with E-state index in [-0.39, 0.29) is 11.6 Å². The average molecular weight is 184 g/mol. The van der Waals surface area contributed by atoms with Crippen molar-refractivity contribution in [1.29, 1.82) is 0 Å². The highest BCUT2D eigenvalue weighted by Crippen LogP contribution is 2.32. The van der Waals surface area contributed by atoms with Crippen molar-refractivity contribution in [2.24, 2.45) is 0 Å². The fourth-order valence-electron chi connectivity index (χ4n) is 1.16. The van der Waals surface area contributed by atoms with Gasteiger partial charge in [-0.1, -0.05) is 26.3 Å². The van der Waals surface area contributed by atoms with Crippen molar-refractivity contribution in [3.8, 4) is 0 Å². The molecular weight excluding hydrogens is 168 g/mol. The maximum absolute atomic E-state index is 10.8. The summed E-state index contributed by atoms with van der Waals surface area (Å²) in [4.78, 5) is 10.8. The van der Waals surface area contributed by atoms with Crippen LogP contribution >= 0.6 is 0 Å². The molecule has 0 radical (unpaired) electrons. The number of esters is 1. The summed E-state index contributed by atoms with van der Waals surface area (Å²) >= 11 is 0. The number of carbonyl (C=O) groups excluding carboxylic acids is 1. The number of carbonyl (C=O) groups is 1. The molecule has 1 unspecified atom stereocenters. The van der Waals surface area contributed by atoms with Gasteiger partial charge >= 0.3 is 5.97 Å². The maximum Gasteiger partial charge on any atom is 0.330 e. The molecule has 0 aliphatic carbocycles. The molecule has 0 N–H and O–H groups in total. The quantitative estimate of drug-likeness (QED) is 0.358. The van der Waals surface area contributed by atoms with Crippen molar-refractivity contribution in [3.05, 3.63) is 12.7 Å². The van der Waals surface area contributed by atoms with Gasteiger partial charge in [-0.2, -0.15) is 0 Å². The molecule has 0 amide bonds. The molecule has 0 spiro atoms. The molecule has 0 bridgehead atoms. The second kappa shape index (κ2) is 4.42. The predicted molar refractivity (Wildman–Crippen MR) is 49.4 cm³/mol. The summed E-state index contributed by atoms with van der Waals surface area (Å²) in [6.07, 6.45) is 4.41. The molecule has 1 aliphatic heterocycles. The number of rotatable bonds is 6. The lowest BCUT2D eigenvalue weighted by Gasteiger charge is -2.10. The van der Waals surface area contributed by atoms with Crippen LogP contribution in [0.5, 0.6) is 0 Å². The third-order valence-electron chi connectivity index (χ3n) is 2.18. The third kappa shape index (κ3) is 3.19. The normalized spacial score (nSPS) is 25.3. The van der Waals surface area contributed by atoms with E-state index in [1.165, 1.54) is 6.08 Å². The lowest BCUT2D eigenvalue weighted by molar-refractivity contribution is -0.139.